The quantitative estimate of drug-likeness (QED) is 0.721. The van der Waals surface area contributed by atoms with Crippen LogP contribution in [-0.2, 0) is 0 Å². The molecule has 0 aliphatic rings. The van der Waals surface area contributed by atoms with E-state index in [1.807, 2.05) is 12.1 Å². The van der Waals surface area contributed by atoms with Crippen molar-refractivity contribution in [3.63, 3.8) is 0 Å². The van der Waals surface area contributed by atoms with Crippen molar-refractivity contribution in [2.24, 2.45) is 0 Å². The minimum absolute atomic E-state index is 0.522. The molecule has 3 aromatic rings. The van der Waals surface area contributed by atoms with Crippen LogP contribution in [0, 0.1) is 11.6 Å². The van der Waals surface area contributed by atoms with Crippen LogP contribution in [0.3, 0.4) is 0 Å². The zero-order valence-corrected chi connectivity index (χ0v) is 12.1. The van der Waals surface area contributed by atoms with Crippen molar-refractivity contribution < 1.29 is 18.7 Å². The summed E-state index contributed by atoms with van der Waals surface area (Å²) in [7, 11) is 0. The monoisotopic (exact) mass is 312 g/mol. The highest BCUT2D eigenvalue weighted by molar-refractivity contribution is 5.87. The van der Waals surface area contributed by atoms with Crippen molar-refractivity contribution in [3.8, 4) is 11.1 Å². The molecule has 0 aromatic heterocycles. The summed E-state index contributed by atoms with van der Waals surface area (Å²) in [5.41, 5.74) is 2.03. The minimum atomic E-state index is -1.40. The second kappa shape index (κ2) is 7.84. The molecule has 0 spiro atoms. The van der Waals surface area contributed by atoms with Crippen molar-refractivity contribution in [2.45, 2.75) is 0 Å². The Bertz CT molecular complexity index is 734. The Labute approximate surface area is 132 Å². The molecule has 0 saturated carbocycles. The Balaban J connectivity index is 0.000000168. The molecular formula is C19H14F2O2. The number of rotatable bonds is 2. The van der Waals surface area contributed by atoms with Crippen LogP contribution in [0.15, 0.2) is 78.9 Å². The summed E-state index contributed by atoms with van der Waals surface area (Å²) in [6.07, 6.45) is 0. The Morgan fingerprint density at radius 1 is 0.739 bits per heavy atom. The summed E-state index contributed by atoms with van der Waals surface area (Å²) in [6, 6.07) is 23.1. The van der Waals surface area contributed by atoms with Crippen LogP contribution in [0.4, 0.5) is 8.78 Å². The van der Waals surface area contributed by atoms with Gasteiger partial charge in [0.1, 0.15) is 11.6 Å². The number of carboxylic acids is 1. The summed E-state index contributed by atoms with van der Waals surface area (Å²) in [5.74, 6) is -3.24. The topological polar surface area (TPSA) is 37.3 Å². The predicted octanol–water partition coefficient (Wildman–Crippen LogP) is 5.02. The summed E-state index contributed by atoms with van der Waals surface area (Å²) < 4.78 is 24.7. The van der Waals surface area contributed by atoms with E-state index in [0.29, 0.717) is 6.07 Å². The van der Waals surface area contributed by atoms with Gasteiger partial charge >= 0.3 is 5.97 Å². The third-order valence-corrected chi connectivity index (χ3v) is 3.04. The van der Waals surface area contributed by atoms with Gasteiger partial charge in [0.25, 0.3) is 0 Å². The first-order chi connectivity index (χ1) is 11.1. The average molecular weight is 312 g/mol. The third kappa shape index (κ3) is 4.74. The number of aromatic carboxylic acids is 1. The summed E-state index contributed by atoms with van der Waals surface area (Å²) in [6.45, 7) is 0. The van der Waals surface area contributed by atoms with Crippen LogP contribution in [0.2, 0.25) is 0 Å². The maximum Gasteiger partial charge on any atom is 0.338 e. The molecule has 0 bridgehead atoms. The highest BCUT2D eigenvalue weighted by Gasteiger charge is 2.09. The lowest BCUT2D eigenvalue weighted by Gasteiger charge is -1.98. The molecule has 3 aromatic carbocycles. The summed E-state index contributed by atoms with van der Waals surface area (Å²) in [5, 5.41) is 8.29. The molecule has 0 aliphatic heterocycles. The van der Waals surface area contributed by atoms with Crippen molar-refractivity contribution in [1.82, 2.24) is 0 Å². The fourth-order valence-corrected chi connectivity index (χ4v) is 1.92. The maximum atomic E-state index is 12.5. The zero-order valence-electron chi connectivity index (χ0n) is 12.1. The Morgan fingerprint density at radius 3 is 1.61 bits per heavy atom. The fourth-order valence-electron chi connectivity index (χ4n) is 1.92. The van der Waals surface area contributed by atoms with E-state index in [0.717, 1.165) is 12.1 Å². The van der Waals surface area contributed by atoms with Gasteiger partial charge in [-0.25, -0.2) is 13.6 Å². The number of hydrogen-bond donors (Lipinski definition) is 1. The van der Waals surface area contributed by atoms with Gasteiger partial charge < -0.3 is 5.11 Å². The van der Waals surface area contributed by atoms with Gasteiger partial charge in [-0.3, -0.25) is 0 Å². The molecule has 4 heteroatoms. The lowest BCUT2D eigenvalue weighted by molar-refractivity contribution is 0.0692. The lowest BCUT2D eigenvalue weighted by atomic mass is 10.1. The van der Waals surface area contributed by atoms with Gasteiger partial charge in [-0.1, -0.05) is 60.7 Å². The Hall–Kier alpha value is -3.01. The molecule has 116 valence electrons. The standard InChI is InChI=1S/C12H10.C7H4F2O2/c1-3-7-11(8-4-1)12-9-5-2-6-10-12;8-4-1-2-5(7(10)11)6(9)3-4/h1-10H;1-3H,(H,10,11). The second-order valence-electron chi connectivity index (χ2n) is 4.66. The number of hydrogen-bond acceptors (Lipinski definition) is 1. The molecule has 0 saturated heterocycles. The molecule has 1 N–H and O–H groups in total. The molecule has 2 nitrogen and oxygen atoms in total. The van der Waals surface area contributed by atoms with Crippen molar-refractivity contribution in [1.29, 1.82) is 0 Å². The van der Waals surface area contributed by atoms with Gasteiger partial charge in [0.2, 0.25) is 0 Å². The van der Waals surface area contributed by atoms with Crippen molar-refractivity contribution in [2.75, 3.05) is 0 Å². The van der Waals surface area contributed by atoms with E-state index in [1.54, 1.807) is 0 Å². The van der Waals surface area contributed by atoms with E-state index >= 15 is 0 Å². The van der Waals surface area contributed by atoms with Gasteiger partial charge in [-0.15, -0.1) is 0 Å². The first kappa shape index (κ1) is 16.4. The number of carboxylic acid groups (broad SMARTS) is 1. The smallest absolute Gasteiger partial charge is 0.338 e. The molecule has 0 unspecified atom stereocenters. The van der Waals surface area contributed by atoms with Crippen LogP contribution >= 0.6 is 0 Å². The van der Waals surface area contributed by atoms with Crippen LogP contribution in [0.25, 0.3) is 11.1 Å². The number of halogens is 2. The number of benzene rings is 3. The van der Waals surface area contributed by atoms with Crippen LogP contribution in [0.1, 0.15) is 10.4 Å². The molecule has 3 rings (SSSR count). The van der Waals surface area contributed by atoms with Gasteiger partial charge in [-0.05, 0) is 23.3 Å². The molecule has 0 amide bonds. The first-order valence-electron chi connectivity index (χ1n) is 6.87. The summed E-state index contributed by atoms with van der Waals surface area (Å²) >= 11 is 0. The normalized spacial score (nSPS) is 9.65. The van der Waals surface area contributed by atoms with E-state index in [1.165, 1.54) is 11.1 Å². The number of carbonyl (C=O) groups is 1. The minimum Gasteiger partial charge on any atom is -0.478 e. The Kier molecular flexibility index (Phi) is 5.58. The molecule has 23 heavy (non-hydrogen) atoms. The molecular weight excluding hydrogens is 298 g/mol. The predicted molar refractivity (Wildman–Crippen MR) is 85.2 cm³/mol. The first-order valence-corrected chi connectivity index (χ1v) is 6.87. The van der Waals surface area contributed by atoms with Crippen molar-refractivity contribution >= 4 is 5.97 Å². The largest absolute Gasteiger partial charge is 0.478 e. The fraction of sp³-hybridized carbons (Fsp3) is 0. The van der Waals surface area contributed by atoms with E-state index in [9.17, 15) is 13.6 Å². The molecule has 0 atom stereocenters. The Morgan fingerprint density at radius 2 is 1.22 bits per heavy atom. The van der Waals surface area contributed by atoms with Gasteiger partial charge in [-0.2, -0.15) is 0 Å². The highest BCUT2D eigenvalue weighted by Crippen LogP contribution is 2.17. The van der Waals surface area contributed by atoms with E-state index in [-0.39, 0.29) is 0 Å². The third-order valence-electron chi connectivity index (χ3n) is 3.04. The average Bonchev–Trinajstić information content (AvgIpc) is 2.57. The second-order valence-corrected chi connectivity index (χ2v) is 4.66. The van der Waals surface area contributed by atoms with Gasteiger partial charge in [0.05, 0.1) is 5.56 Å². The van der Waals surface area contributed by atoms with Gasteiger partial charge in [0, 0.05) is 6.07 Å². The van der Waals surface area contributed by atoms with Crippen LogP contribution < -0.4 is 0 Å². The molecule has 0 aliphatic carbocycles. The van der Waals surface area contributed by atoms with Crippen LogP contribution in [-0.4, -0.2) is 11.1 Å². The van der Waals surface area contributed by atoms with E-state index in [4.69, 9.17) is 5.11 Å². The SMILES string of the molecule is O=C(O)c1ccc(F)cc1F.c1ccc(-c2ccccc2)cc1. The van der Waals surface area contributed by atoms with Gasteiger partial charge in [0.15, 0.2) is 0 Å². The molecule has 0 fully saturated rings. The van der Waals surface area contributed by atoms with Crippen molar-refractivity contribution in [3.05, 3.63) is 96.1 Å². The zero-order chi connectivity index (χ0) is 16.7. The van der Waals surface area contributed by atoms with E-state index < -0.39 is 23.2 Å². The molecule has 0 radical (unpaired) electrons. The highest BCUT2D eigenvalue weighted by atomic mass is 19.1. The van der Waals surface area contributed by atoms with E-state index in [2.05, 4.69) is 48.5 Å². The molecule has 0 heterocycles. The maximum absolute atomic E-state index is 12.5. The summed E-state index contributed by atoms with van der Waals surface area (Å²) in [4.78, 5) is 10.2. The van der Waals surface area contributed by atoms with Crippen LogP contribution in [0.5, 0.6) is 0 Å². The lowest BCUT2D eigenvalue weighted by Crippen LogP contribution is -2.00.